The quantitative estimate of drug-likeness (QED) is 0.411. The van der Waals surface area contributed by atoms with Crippen LogP contribution in [0.4, 0.5) is 4.39 Å². The highest BCUT2D eigenvalue weighted by Crippen LogP contribution is 2.25. The summed E-state index contributed by atoms with van der Waals surface area (Å²) in [4.78, 5) is 28.8. The summed E-state index contributed by atoms with van der Waals surface area (Å²) < 4.78 is 14.4. The van der Waals surface area contributed by atoms with Gasteiger partial charge in [-0.25, -0.2) is 4.39 Å². The van der Waals surface area contributed by atoms with Gasteiger partial charge >= 0.3 is 0 Å². The molecule has 3 rings (SSSR count). The van der Waals surface area contributed by atoms with Crippen LogP contribution in [-0.2, 0) is 4.79 Å². The van der Waals surface area contributed by atoms with E-state index in [2.05, 4.69) is 4.98 Å². The van der Waals surface area contributed by atoms with E-state index in [1.807, 2.05) is 16.8 Å². The van der Waals surface area contributed by atoms with Crippen LogP contribution in [0.2, 0.25) is 5.02 Å². The second-order valence-electron chi connectivity index (χ2n) is 5.97. The summed E-state index contributed by atoms with van der Waals surface area (Å²) >= 11 is 7.30. The number of aromatic nitrogens is 1. The Morgan fingerprint density at radius 2 is 2.00 bits per heavy atom. The molecule has 3 nitrogen and oxygen atoms in total. The van der Waals surface area contributed by atoms with Gasteiger partial charge in [0.2, 0.25) is 11.6 Å². The Kier molecular flexibility index (Phi) is 5.59. The number of carbonyl (C=O) groups excluding carboxylic acids is 2. The van der Waals surface area contributed by atoms with E-state index in [0.717, 1.165) is 5.56 Å². The number of halogens is 2. The summed E-state index contributed by atoms with van der Waals surface area (Å²) in [5.41, 5.74) is 2.00. The van der Waals surface area contributed by atoms with Crippen molar-refractivity contribution >= 4 is 34.5 Å². The van der Waals surface area contributed by atoms with Gasteiger partial charge in [0, 0.05) is 24.2 Å². The number of hydrogen-bond donors (Lipinski definition) is 0. The van der Waals surface area contributed by atoms with Gasteiger partial charge in [0.1, 0.15) is 5.82 Å². The zero-order valence-corrected chi connectivity index (χ0v) is 15.5. The third-order valence-corrected chi connectivity index (χ3v) is 4.98. The van der Waals surface area contributed by atoms with Crippen LogP contribution in [0.15, 0.2) is 53.4 Å². The van der Waals surface area contributed by atoms with Crippen molar-refractivity contribution in [1.29, 1.82) is 0 Å². The van der Waals surface area contributed by atoms with E-state index in [1.165, 1.54) is 29.7 Å². The molecule has 0 radical (unpaired) electrons. The van der Waals surface area contributed by atoms with Crippen molar-refractivity contribution in [2.24, 2.45) is 0 Å². The second kappa shape index (κ2) is 7.89. The molecule has 0 fully saturated rings. The van der Waals surface area contributed by atoms with E-state index in [0.29, 0.717) is 16.3 Å². The number of pyridine rings is 1. The number of ketones is 2. The number of benzene rings is 1. The number of rotatable bonds is 6. The van der Waals surface area contributed by atoms with Gasteiger partial charge in [-0.2, -0.15) is 11.3 Å². The van der Waals surface area contributed by atoms with Crippen molar-refractivity contribution in [1.82, 2.24) is 4.98 Å². The van der Waals surface area contributed by atoms with Gasteiger partial charge in [-0.1, -0.05) is 24.6 Å². The number of Topliss-reactive ketones (excluding diaryl/α,β-unsaturated/α-hetero) is 2. The number of carbonyl (C=O) groups is 2. The van der Waals surface area contributed by atoms with Gasteiger partial charge in [0.25, 0.3) is 0 Å². The van der Waals surface area contributed by atoms with Crippen LogP contribution in [0.25, 0.3) is 11.1 Å². The lowest BCUT2D eigenvalue weighted by Crippen LogP contribution is -2.18. The molecular weight excluding hydrogens is 373 g/mol. The molecule has 2 aromatic heterocycles. The first-order valence-electron chi connectivity index (χ1n) is 7.97. The fourth-order valence-electron chi connectivity index (χ4n) is 2.61. The molecule has 0 amide bonds. The third-order valence-electron chi connectivity index (χ3n) is 4.07. The maximum atomic E-state index is 14.4. The van der Waals surface area contributed by atoms with Crippen LogP contribution >= 0.6 is 22.9 Å². The highest BCUT2D eigenvalue weighted by Gasteiger charge is 2.23. The van der Waals surface area contributed by atoms with E-state index >= 15 is 0 Å². The number of nitrogens with zero attached hydrogens (tertiary/aromatic N) is 1. The minimum absolute atomic E-state index is 0.0425. The van der Waals surface area contributed by atoms with Gasteiger partial charge in [-0.05, 0) is 52.2 Å². The average molecular weight is 388 g/mol. The molecule has 0 aliphatic carbocycles. The summed E-state index contributed by atoms with van der Waals surface area (Å²) in [5.74, 6) is -2.42. The molecule has 0 bridgehead atoms. The van der Waals surface area contributed by atoms with Crippen LogP contribution in [0, 0.1) is 5.82 Å². The van der Waals surface area contributed by atoms with Crippen molar-refractivity contribution in [2.45, 2.75) is 19.3 Å². The van der Waals surface area contributed by atoms with Crippen LogP contribution in [0.5, 0.6) is 0 Å². The fourth-order valence-corrected chi connectivity index (χ4v) is 3.39. The Balaban J connectivity index is 1.74. The summed E-state index contributed by atoms with van der Waals surface area (Å²) in [5, 5.41) is 4.28. The maximum Gasteiger partial charge on any atom is 0.231 e. The zero-order chi connectivity index (χ0) is 18.7. The fraction of sp³-hybridized carbons (Fsp3) is 0.150. The van der Waals surface area contributed by atoms with Gasteiger partial charge in [-0.15, -0.1) is 0 Å². The van der Waals surface area contributed by atoms with E-state index in [-0.39, 0.29) is 17.9 Å². The van der Waals surface area contributed by atoms with Crippen molar-refractivity contribution in [2.75, 3.05) is 0 Å². The Morgan fingerprint density at radius 3 is 2.62 bits per heavy atom. The van der Waals surface area contributed by atoms with E-state index in [9.17, 15) is 14.0 Å². The molecule has 6 heteroatoms. The average Bonchev–Trinajstić information content (AvgIpc) is 3.16. The Morgan fingerprint density at radius 1 is 1.19 bits per heavy atom. The highest BCUT2D eigenvalue weighted by molar-refractivity contribution is 7.08. The van der Waals surface area contributed by atoms with Crippen LogP contribution in [-0.4, -0.2) is 16.6 Å². The van der Waals surface area contributed by atoms with Gasteiger partial charge in [0.05, 0.1) is 10.6 Å². The normalized spacial score (nSPS) is 12.0. The van der Waals surface area contributed by atoms with Gasteiger partial charge in [0.15, 0.2) is 0 Å². The standard InChI is InChI=1S/C20H15ClFNO2S/c1-12(18-5-3-15(21)10-23-18)8-19(24)20(25)16-4-2-13(9-17(16)22)14-6-7-26-11-14/h2-7,9-12H,8H2,1H3/t12-/m0/s1. The maximum absolute atomic E-state index is 14.4. The van der Waals surface area contributed by atoms with Crippen LogP contribution < -0.4 is 0 Å². The van der Waals surface area contributed by atoms with Crippen molar-refractivity contribution in [3.63, 3.8) is 0 Å². The molecule has 2 heterocycles. The predicted molar refractivity (Wildman–Crippen MR) is 101 cm³/mol. The lowest BCUT2D eigenvalue weighted by molar-refractivity contribution is -0.115. The first-order chi connectivity index (χ1) is 12.5. The van der Waals surface area contributed by atoms with Crippen LogP contribution in [0.1, 0.15) is 35.3 Å². The number of thiophene rings is 1. The molecule has 0 saturated heterocycles. The molecule has 0 aliphatic heterocycles. The van der Waals surface area contributed by atoms with E-state index < -0.39 is 17.4 Å². The largest absolute Gasteiger partial charge is 0.290 e. The third kappa shape index (κ3) is 4.06. The summed E-state index contributed by atoms with van der Waals surface area (Å²) in [6.07, 6.45) is 1.45. The molecule has 0 N–H and O–H groups in total. The molecule has 1 aromatic carbocycles. The van der Waals surface area contributed by atoms with Gasteiger partial charge in [-0.3, -0.25) is 14.6 Å². The summed E-state index contributed by atoms with van der Waals surface area (Å²) in [7, 11) is 0. The monoisotopic (exact) mass is 387 g/mol. The van der Waals surface area contributed by atoms with Crippen molar-refractivity contribution < 1.29 is 14.0 Å². The molecule has 132 valence electrons. The molecule has 26 heavy (non-hydrogen) atoms. The Bertz CT molecular complexity index is 939. The molecule has 3 aromatic rings. The molecule has 0 aliphatic rings. The topological polar surface area (TPSA) is 47.0 Å². The smallest absolute Gasteiger partial charge is 0.231 e. The van der Waals surface area contributed by atoms with E-state index in [1.54, 1.807) is 25.1 Å². The lowest BCUT2D eigenvalue weighted by atomic mass is 9.95. The molecule has 0 spiro atoms. The van der Waals surface area contributed by atoms with Crippen LogP contribution in [0.3, 0.4) is 0 Å². The van der Waals surface area contributed by atoms with E-state index in [4.69, 9.17) is 11.6 Å². The van der Waals surface area contributed by atoms with Crippen molar-refractivity contribution in [3.8, 4) is 11.1 Å². The Labute approximate surface area is 159 Å². The summed E-state index contributed by atoms with van der Waals surface area (Å²) in [6, 6.07) is 9.56. The van der Waals surface area contributed by atoms with Crippen molar-refractivity contribution in [3.05, 3.63) is 75.5 Å². The minimum atomic E-state index is -0.819. The lowest BCUT2D eigenvalue weighted by Gasteiger charge is -2.10. The summed E-state index contributed by atoms with van der Waals surface area (Å²) in [6.45, 7) is 1.79. The molecule has 1 atom stereocenters. The van der Waals surface area contributed by atoms with Gasteiger partial charge < -0.3 is 0 Å². The minimum Gasteiger partial charge on any atom is -0.290 e. The first-order valence-corrected chi connectivity index (χ1v) is 9.29. The number of hydrogen-bond acceptors (Lipinski definition) is 4. The molecule has 0 saturated carbocycles. The second-order valence-corrected chi connectivity index (χ2v) is 7.18. The predicted octanol–water partition coefficient (Wildman–Crippen LogP) is 5.55. The SMILES string of the molecule is C[C@@H](CC(=O)C(=O)c1ccc(-c2ccsc2)cc1F)c1ccc(Cl)cn1. The Hall–Kier alpha value is -2.37. The zero-order valence-electron chi connectivity index (χ0n) is 13.9. The molecular formula is C20H15ClFNO2S. The molecule has 0 unspecified atom stereocenters. The first kappa shape index (κ1) is 18.4. The highest BCUT2D eigenvalue weighted by atomic mass is 35.5.